The normalized spacial score (nSPS) is 11.7. The first kappa shape index (κ1) is 26.2. The molecule has 0 aliphatic rings. The minimum absolute atomic E-state index is 0.0437. The van der Waals surface area contributed by atoms with Crippen LogP contribution in [0, 0.1) is 12.8 Å². The Morgan fingerprint density at radius 2 is 1.73 bits per heavy atom. The quantitative estimate of drug-likeness (QED) is 0.512. The number of carbonyl (C=O) groups excluding carboxylic acids is 2. The highest BCUT2D eigenvalue weighted by Crippen LogP contribution is 2.28. The Bertz CT molecular complexity index is 926. The van der Waals surface area contributed by atoms with Gasteiger partial charge in [0, 0.05) is 19.5 Å². The Balaban J connectivity index is 2.22. The molecule has 2 aromatic carbocycles. The van der Waals surface area contributed by atoms with E-state index in [0.29, 0.717) is 49.8 Å². The van der Waals surface area contributed by atoms with Gasteiger partial charge in [0.05, 0.1) is 14.2 Å². The number of hydrogen-bond donors (Lipinski definition) is 1. The van der Waals surface area contributed by atoms with E-state index in [9.17, 15) is 9.59 Å². The number of hydrogen-bond acceptors (Lipinski definition) is 4. The van der Waals surface area contributed by atoms with Crippen molar-refractivity contribution in [2.45, 2.75) is 59.5 Å². The lowest BCUT2D eigenvalue weighted by Crippen LogP contribution is -2.49. The minimum Gasteiger partial charge on any atom is -0.493 e. The molecule has 2 aromatic rings. The second-order valence-electron chi connectivity index (χ2n) is 8.76. The number of amides is 2. The van der Waals surface area contributed by atoms with Gasteiger partial charge in [-0.2, -0.15) is 0 Å². The van der Waals surface area contributed by atoms with Gasteiger partial charge >= 0.3 is 0 Å². The molecule has 2 amide bonds. The van der Waals surface area contributed by atoms with Gasteiger partial charge < -0.3 is 19.7 Å². The molecule has 1 unspecified atom stereocenters. The summed E-state index contributed by atoms with van der Waals surface area (Å²) in [5.41, 5.74) is 3.13. The van der Waals surface area contributed by atoms with Crippen LogP contribution >= 0.6 is 0 Å². The van der Waals surface area contributed by atoms with Crippen molar-refractivity contribution in [1.82, 2.24) is 10.2 Å². The summed E-state index contributed by atoms with van der Waals surface area (Å²) in [6.45, 7) is 9.08. The summed E-state index contributed by atoms with van der Waals surface area (Å²) in [6, 6.07) is 13.2. The number of aryl methyl sites for hydroxylation is 2. The van der Waals surface area contributed by atoms with Crippen LogP contribution in [0.3, 0.4) is 0 Å². The zero-order chi connectivity index (χ0) is 24.4. The Morgan fingerprint density at radius 1 is 1.00 bits per heavy atom. The van der Waals surface area contributed by atoms with Crippen LogP contribution in [0.1, 0.15) is 50.3 Å². The van der Waals surface area contributed by atoms with Crippen molar-refractivity contribution in [2.75, 3.05) is 20.8 Å². The van der Waals surface area contributed by atoms with Crippen LogP contribution in [-0.4, -0.2) is 43.5 Å². The number of ether oxygens (including phenoxy) is 2. The third-order valence-corrected chi connectivity index (χ3v) is 5.58. The molecule has 0 aliphatic carbocycles. The van der Waals surface area contributed by atoms with Gasteiger partial charge in [0.25, 0.3) is 0 Å². The molecule has 180 valence electrons. The van der Waals surface area contributed by atoms with Crippen LogP contribution < -0.4 is 14.8 Å². The first-order valence-electron chi connectivity index (χ1n) is 11.6. The Labute approximate surface area is 198 Å². The van der Waals surface area contributed by atoms with E-state index in [2.05, 4.69) is 25.2 Å². The van der Waals surface area contributed by atoms with Gasteiger partial charge in [0.1, 0.15) is 6.04 Å². The van der Waals surface area contributed by atoms with Crippen molar-refractivity contribution in [3.8, 4) is 11.5 Å². The molecule has 6 heteroatoms. The van der Waals surface area contributed by atoms with Crippen molar-refractivity contribution >= 4 is 11.8 Å². The molecule has 2 rings (SSSR count). The van der Waals surface area contributed by atoms with E-state index in [1.807, 2.05) is 50.2 Å². The van der Waals surface area contributed by atoms with E-state index in [1.54, 1.807) is 19.1 Å². The van der Waals surface area contributed by atoms with Gasteiger partial charge in [0.2, 0.25) is 11.8 Å². The van der Waals surface area contributed by atoms with Crippen molar-refractivity contribution in [3.05, 3.63) is 59.2 Å². The highest BCUT2D eigenvalue weighted by molar-refractivity contribution is 5.87. The standard InChI is InChI=1S/C27H38N2O4/c1-7-23(27(31)28-17-19(2)3)29(18-22-10-8-9-20(4)15-22)26(30)14-12-21-11-13-24(32-5)25(16-21)33-6/h8-11,13,15-16,19,23H,7,12,14,17-18H2,1-6H3,(H,28,31). The average molecular weight is 455 g/mol. The lowest BCUT2D eigenvalue weighted by atomic mass is 10.0. The minimum atomic E-state index is -0.512. The molecule has 0 saturated carbocycles. The molecular formula is C27H38N2O4. The molecule has 0 radical (unpaired) electrons. The molecule has 0 aromatic heterocycles. The first-order chi connectivity index (χ1) is 15.8. The molecule has 33 heavy (non-hydrogen) atoms. The largest absolute Gasteiger partial charge is 0.493 e. The van der Waals surface area contributed by atoms with Crippen LogP contribution in [0.5, 0.6) is 11.5 Å². The van der Waals surface area contributed by atoms with Crippen molar-refractivity contribution in [1.29, 1.82) is 0 Å². The van der Waals surface area contributed by atoms with E-state index in [4.69, 9.17) is 9.47 Å². The summed E-state index contributed by atoms with van der Waals surface area (Å²) in [5, 5.41) is 3.00. The fourth-order valence-electron chi connectivity index (χ4n) is 3.78. The van der Waals surface area contributed by atoms with Crippen LogP contribution in [0.4, 0.5) is 0 Å². The third-order valence-electron chi connectivity index (χ3n) is 5.58. The Morgan fingerprint density at radius 3 is 2.33 bits per heavy atom. The third kappa shape index (κ3) is 7.81. The fraction of sp³-hybridized carbons (Fsp3) is 0.481. The highest BCUT2D eigenvalue weighted by Gasteiger charge is 2.28. The van der Waals surface area contributed by atoms with Crippen molar-refractivity contribution < 1.29 is 19.1 Å². The summed E-state index contributed by atoms with van der Waals surface area (Å²) in [5.74, 6) is 1.49. The number of nitrogens with zero attached hydrogens (tertiary/aromatic N) is 1. The molecule has 0 saturated heterocycles. The second kappa shape index (κ2) is 12.9. The maximum atomic E-state index is 13.4. The lowest BCUT2D eigenvalue weighted by molar-refractivity contribution is -0.141. The zero-order valence-electron chi connectivity index (χ0n) is 20.8. The van der Waals surface area contributed by atoms with Gasteiger partial charge in [-0.25, -0.2) is 0 Å². The fourth-order valence-corrected chi connectivity index (χ4v) is 3.78. The van der Waals surface area contributed by atoms with Crippen molar-refractivity contribution in [2.24, 2.45) is 5.92 Å². The van der Waals surface area contributed by atoms with Gasteiger partial charge in [-0.3, -0.25) is 9.59 Å². The maximum absolute atomic E-state index is 13.4. The SMILES string of the molecule is CCC(C(=O)NCC(C)C)N(Cc1cccc(C)c1)C(=O)CCc1ccc(OC)c(OC)c1. The van der Waals surface area contributed by atoms with E-state index in [0.717, 1.165) is 16.7 Å². The Hall–Kier alpha value is -3.02. The smallest absolute Gasteiger partial charge is 0.242 e. The van der Waals surface area contributed by atoms with Gasteiger partial charge in [-0.1, -0.05) is 56.7 Å². The molecule has 0 spiro atoms. The van der Waals surface area contributed by atoms with Crippen LogP contribution in [0.15, 0.2) is 42.5 Å². The van der Waals surface area contributed by atoms with E-state index < -0.39 is 6.04 Å². The van der Waals surface area contributed by atoms with Crippen LogP contribution in [0.2, 0.25) is 0 Å². The lowest BCUT2D eigenvalue weighted by Gasteiger charge is -2.31. The Kier molecular flexibility index (Phi) is 10.2. The average Bonchev–Trinajstić information content (AvgIpc) is 2.80. The second-order valence-corrected chi connectivity index (χ2v) is 8.76. The summed E-state index contributed by atoms with van der Waals surface area (Å²) in [7, 11) is 3.19. The van der Waals surface area contributed by atoms with Crippen LogP contribution in [-0.2, 0) is 22.6 Å². The predicted molar refractivity (Wildman–Crippen MR) is 132 cm³/mol. The molecule has 0 fully saturated rings. The van der Waals surface area contributed by atoms with Gasteiger partial charge in [-0.15, -0.1) is 0 Å². The highest BCUT2D eigenvalue weighted by atomic mass is 16.5. The molecule has 0 aliphatic heterocycles. The first-order valence-corrected chi connectivity index (χ1v) is 11.6. The number of rotatable bonds is 12. The number of carbonyl (C=O) groups is 2. The molecule has 6 nitrogen and oxygen atoms in total. The molecule has 0 bridgehead atoms. The van der Waals surface area contributed by atoms with E-state index in [1.165, 1.54) is 0 Å². The summed E-state index contributed by atoms with van der Waals surface area (Å²) in [6.07, 6.45) is 1.40. The zero-order valence-corrected chi connectivity index (χ0v) is 20.8. The molecule has 1 atom stereocenters. The molecule has 1 N–H and O–H groups in total. The summed E-state index contributed by atoms with van der Waals surface area (Å²) in [4.78, 5) is 28.1. The van der Waals surface area contributed by atoms with Crippen molar-refractivity contribution in [3.63, 3.8) is 0 Å². The van der Waals surface area contributed by atoms with Crippen LogP contribution in [0.25, 0.3) is 0 Å². The summed E-state index contributed by atoms with van der Waals surface area (Å²) < 4.78 is 10.7. The van der Waals surface area contributed by atoms with Gasteiger partial charge in [-0.05, 0) is 48.9 Å². The monoisotopic (exact) mass is 454 g/mol. The topological polar surface area (TPSA) is 67.9 Å². The number of methoxy groups -OCH3 is 2. The predicted octanol–water partition coefficient (Wildman–Crippen LogP) is 4.52. The van der Waals surface area contributed by atoms with E-state index in [-0.39, 0.29) is 11.8 Å². The summed E-state index contributed by atoms with van der Waals surface area (Å²) >= 11 is 0. The van der Waals surface area contributed by atoms with Gasteiger partial charge in [0.15, 0.2) is 11.5 Å². The van der Waals surface area contributed by atoms with E-state index >= 15 is 0 Å². The number of nitrogens with one attached hydrogen (secondary N) is 1. The molecule has 0 heterocycles. The number of benzene rings is 2. The molecular weight excluding hydrogens is 416 g/mol. The maximum Gasteiger partial charge on any atom is 0.242 e.